The summed E-state index contributed by atoms with van der Waals surface area (Å²) in [5.41, 5.74) is 0. The van der Waals surface area contributed by atoms with Crippen LogP contribution in [0.25, 0.3) is 0 Å². The molecular formula is C9H16N2O2. The molecule has 0 aliphatic carbocycles. The molecule has 1 amide bonds. The largest absolute Gasteiger partial charge is 0.381 e. The zero-order valence-electron chi connectivity index (χ0n) is 8.19. The predicted octanol–water partition coefficient (Wildman–Crippen LogP) is -0.247. The van der Waals surface area contributed by atoms with E-state index in [4.69, 9.17) is 4.74 Å². The first-order valence-electron chi connectivity index (χ1n) is 4.74. The minimum absolute atomic E-state index is 0.222. The second-order valence-corrected chi connectivity index (χ2v) is 3.96. The van der Waals surface area contributed by atoms with E-state index >= 15 is 0 Å². The normalized spacial score (nSPS) is 36.2. The molecule has 0 saturated carbocycles. The molecule has 2 aliphatic heterocycles. The van der Waals surface area contributed by atoms with Crippen LogP contribution in [0.1, 0.15) is 6.42 Å². The van der Waals surface area contributed by atoms with Gasteiger partial charge in [-0.25, -0.2) is 0 Å². The summed E-state index contributed by atoms with van der Waals surface area (Å²) in [7, 11) is 3.89. The average Bonchev–Trinajstić information content (AvgIpc) is 2.63. The van der Waals surface area contributed by atoms with Crippen LogP contribution in [0.15, 0.2) is 0 Å². The van der Waals surface area contributed by atoms with Gasteiger partial charge in [0.15, 0.2) is 0 Å². The summed E-state index contributed by atoms with van der Waals surface area (Å²) >= 11 is 0. The van der Waals surface area contributed by atoms with Crippen molar-refractivity contribution >= 4 is 5.91 Å². The lowest BCUT2D eigenvalue weighted by Crippen LogP contribution is -2.42. The van der Waals surface area contributed by atoms with Crippen LogP contribution in [-0.4, -0.2) is 55.7 Å². The van der Waals surface area contributed by atoms with Gasteiger partial charge in [-0.2, -0.15) is 0 Å². The van der Waals surface area contributed by atoms with Crippen molar-refractivity contribution in [3.8, 4) is 0 Å². The van der Waals surface area contributed by atoms with Gasteiger partial charge in [0.05, 0.1) is 19.3 Å². The molecule has 74 valence electrons. The monoisotopic (exact) mass is 184 g/mol. The molecule has 0 N–H and O–H groups in total. The van der Waals surface area contributed by atoms with Crippen LogP contribution in [0.5, 0.6) is 0 Å². The maximum atomic E-state index is 11.4. The summed E-state index contributed by atoms with van der Waals surface area (Å²) in [6.45, 7) is 2.20. The topological polar surface area (TPSA) is 32.8 Å². The third-order valence-corrected chi connectivity index (χ3v) is 3.01. The molecule has 2 atom stereocenters. The second-order valence-electron chi connectivity index (χ2n) is 3.96. The lowest BCUT2D eigenvalue weighted by molar-refractivity contribution is -0.127. The zero-order valence-corrected chi connectivity index (χ0v) is 8.19. The maximum absolute atomic E-state index is 11.4. The highest BCUT2D eigenvalue weighted by atomic mass is 16.5. The summed E-state index contributed by atoms with van der Waals surface area (Å²) in [5.74, 6) is 0.723. The van der Waals surface area contributed by atoms with Crippen molar-refractivity contribution in [1.82, 2.24) is 9.80 Å². The van der Waals surface area contributed by atoms with Gasteiger partial charge in [-0.15, -0.1) is 0 Å². The summed E-state index contributed by atoms with van der Waals surface area (Å²) in [6.07, 6.45) is 1.34. The smallest absolute Gasteiger partial charge is 0.237 e. The molecule has 4 heteroatoms. The fourth-order valence-electron chi connectivity index (χ4n) is 2.33. The highest BCUT2D eigenvalue weighted by molar-refractivity contribution is 5.80. The number of likely N-dealkylation sites (N-methyl/N-ethyl adjacent to an activating group) is 2. The molecule has 2 rings (SSSR count). The summed E-state index contributed by atoms with van der Waals surface area (Å²) in [4.78, 5) is 15.4. The van der Waals surface area contributed by atoms with Gasteiger partial charge in [-0.1, -0.05) is 0 Å². The Morgan fingerprint density at radius 1 is 1.46 bits per heavy atom. The van der Waals surface area contributed by atoms with Gasteiger partial charge in [0.2, 0.25) is 5.91 Å². The quantitative estimate of drug-likeness (QED) is 0.563. The van der Waals surface area contributed by atoms with Gasteiger partial charge in [-0.3, -0.25) is 9.69 Å². The molecule has 4 nitrogen and oxygen atoms in total. The average molecular weight is 184 g/mol. The highest BCUT2D eigenvalue weighted by Crippen LogP contribution is 2.25. The molecule has 2 heterocycles. The molecular weight excluding hydrogens is 168 g/mol. The number of carbonyl (C=O) groups excluding carboxylic acids is 1. The van der Waals surface area contributed by atoms with E-state index in [1.807, 2.05) is 19.0 Å². The van der Waals surface area contributed by atoms with Crippen LogP contribution in [0.2, 0.25) is 0 Å². The number of hydrogen-bond acceptors (Lipinski definition) is 3. The number of hydrogen-bond donors (Lipinski definition) is 0. The summed E-state index contributed by atoms with van der Waals surface area (Å²) in [5, 5.41) is 0. The van der Waals surface area contributed by atoms with Crippen LogP contribution in [-0.2, 0) is 9.53 Å². The van der Waals surface area contributed by atoms with E-state index in [0.717, 1.165) is 19.6 Å². The van der Waals surface area contributed by atoms with Crippen molar-refractivity contribution in [3.63, 3.8) is 0 Å². The molecule has 2 saturated heterocycles. The Kier molecular flexibility index (Phi) is 2.26. The van der Waals surface area contributed by atoms with Gasteiger partial charge >= 0.3 is 0 Å². The molecule has 0 aromatic carbocycles. The van der Waals surface area contributed by atoms with Crippen molar-refractivity contribution in [3.05, 3.63) is 0 Å². The minimum Gasteiger partial charge on any atom is -0.381 e. The molecule has 0 aromatic rings. The van der Waals surface area contributed by atoms with Crippen molar-refractivity contribution in [1.29, 1.82) is 0 Å². The third-order valence-electron chi connectivity index (χ3n) is 3.01. The van der Waals surface area contributed by atoms with E-state index in [-0.39, 0.29) is 12.1 Å². The predicted molar refractivity (Wildman–Crippen MR) is 48.1 cm³/mol. The van der Waals surface area contributed by atoms with Crippen molar-refractivity contribution < 1.29 is 9.53 Å². The van der Waals surface area contributed by atoms with E-state index < -0.39 is 0 Å². The molecule has 13 heavy (non-hydrogen) atoms. The van der Waals surface area contributed by atoms with E-state index in [9.17, 15) is 4.79 Å². The van der Waals surface area contributed by atoms with Crippen molar-refractivity contribution in [2.24, 2.45) is 5.92 Å². The number of ether oxygens (including phenoxy) is 1. The highest BCUT2D eigenvalue weighted by Gasteiger charge is 2.39. The maximum Gasteiger partial charge on any atom is 0.237 e. The van der Waals surface area contributed by atoms with E-state index in [1.54, 1.807) is 0 Å². The van der Waals surface area contributed by atoms with Gasteiger partial charge in [0.25, 0.3) is 0 Å². The fourth-order valence-corrected chi connectivity index (χ4v) is 2.33. The number of nitrogens with zero attached hydrogens (tertiary/aromatic N) is 2. The first-order chi connectivity index (χ1) is 6.20. The van der Waals surface area contributed by atoms with E-state index in [0.29, 0.717) is 12.5 Å². The first kappa shape index (κ1) is 8.97. The Labute approximate surface area is 78.4 Å². The minimum atomic E-state index is 0.222. The Morgan fingerprint density at radius 2 is 2.23 bits per heavy atom. The molecule has 0 radical (unpaired) electrons. The Bertz CT molecular complexity index is 214. The molecule has 2 unspecified atom stereocenters. The van der Waals surface area contributed by atoms with E-state index in [2.05, 4.69) is 4.90 Å². The first-order valence-corrected chi connectivity index (χ1v) is 4.74. The van der Waals surface area contributed by atoms with Gasteiger partial charge < -0.3 is 9.64 Å². The Morgan fingerprint density at radius 3 is 2.69 bits per heavy atom. The fraction of sp³-hybridized carbons (Fsp3) is 0.889. The number of amides is 1. The third kappa shape index (κ3) is 1.44. The Balaban J connectivity index is 2.08. The lowest BCUT2D eigenvalue weighted by Gasteiger charge is -2.29. The zero-order chi connectivity index (χ0) is 9.42. The lowest BCUT2D eigenvalue weighted by atomic mass is 10.1. The van der Waals surface area contributed by atoms with Crippen LogP contribution in [0.4, 0.5) is 0 Å². The number of rotatable bonds is 1. The van der Waals surface area contributed by atoms with Crippen LogP contribution in [0.3, 0.4) is 0 Å². The Hall–Kier alpha value is -0.610. The molecule has 0 bridgehead atoms. The SMILES string of the molecule is CN1CC(=O)N(C)C1C1CCOC1. The van der Waals surface area contributed by atoms with Crippen LogP contribution < -0.4 is 0 Å². The van der Waals surface area contributed by atoms with Crippen LogP contribution in [0, 0.1) is 5.92 Å². The molecule has 2 fully saturated rings. The van der Waals surface area contributed by atoms with Crippen molar-refractivity contribution in [2.45, 2.75) is 12.6 Å². The van der Waals surface area contributed by atoms with Crippen molar-refractivity contribution in [2.75, 3.05) is 33.9 Å². The molecule has 0 aromatic heterocycles. The second kappa shape index (κ2) is 3.27. The summed E-state index contributed by atoms with van der Waals surface area (Å²) in [6, 6.07) is 0. The molecule has 0 spiro atoms. The molecule has 2 aliphatic rings. The van der Waals surface area contributed by atoms with E-state index in [1.165, 1.54) is 0 Å². The van der Waals surface area contributed by atoms with Gasteiger partial charge in [0, 0.05) is 19.6 Å². The van der Waals surface area contributed by atoms with Gasteiger partial charge in [-0.05, 0) is 13.5 Å². The summed E-state index contributed by atoms with van der Waals surface area (Å²) < 4.78 is 5.34. The standard InChI is InChI=1S/C9H16N2O2/c1-10-5-8(12)11(2)9(10)7-3-4-13-6-7/h7,9H,3-6H2,1-2H3. The van der Waals surface area contributed by atoms with Gasteiger partial charge in [0.1, 0.15) is 0 Å². The van der Waals surface area contributed by atoms with Crippen LogP contribution >= 0.6 is 0 Å². The number of carbonyl (C=O) groups is 1.